The predicted molar refractivity (Wildman–Crippen MR) is 125 cm³/mol. The number of carboxylic acid groups (broad SMARTS) is 1. The van der Waals surface area contributed by atoms with Crippen molar-refractivity contribution in [3.63, 3.8) is 0 Å². The van der Waals surface area contributed by atoms with Gasteiger partial charge in [0.2, 0.25) is 15.0 Å². The molecule has 1 N–H and O–H groups in total. The Labute approximate surface area is 208 Å². The number of fused-ring (bicyclic) bond motifs is 3. The number of amides is 1. The summed E-state index contributed by atoms with van der Waals surface area (Å²) in [5.74, 6) is -1.18. The third-order valence-electron chi connectivity index (χ3n) is 7.27. The summed E-state index contributed by atoms with van der Waals surface area (Å²) in [5.41, 5.74) is 0.727. The maximum atomic E-state index is 14.8. The number of aromatic nitrogens is 2. The molecule has 0 radical (unpaired) electrons. The highest BCUT2D eigenvalue weighted by atomic mass is 32.2. The quantitative estimate of drug-likeness (QED) is 0.657. The van der Waals surface area contributed by atoms with Gasteiger partial charge in [-0.2, -0.15) is 0 Å². The molecule has 36 heavy (non-hydrogen) atoms. The zero-order valence-corrected chi connectivity index (χ0v) is 21.3. The molecule has 1 aromatic heterocycles. The highest BCUT2D eigenvalue weighted by Gasteiger charge is 2.46. The van der Waals surface area contributed by atoms with Crippen LogP contribution in [-0.4, -0.2) is 69.0 Å². The molecular formula is C24H30F2N4O5S. The van der Waals surface area contributed by atoms with Gasteiger partial charge in [0.25, 0.3) is 0 Å². The number of hydrogen-bond acceptors (Lipinski definition) is 6. The van der Waals surface area contributed by atoms with E-state index >= 15 is 0 Å². The average molecular weight is 525 g/mol. The van der Waals surface area contributed by atoms with E-state index in [0.29, 0.717) is 38.2 Å². The smallest absolute Gasteiger partial charge is 0.408 e. The van der Waals surface area contributed by atoms with Crippen LogP contribution in [0.5, 0.6) is 0 Å². The van der Waals surface area contributed by atoms with Gasteiger partial charge in [-0.25, -0.2) is 27.0 Å². The molecule has 0 spiro atoms. The molecular weight excluding hydrogens is 494 g/mol. The van der Waals surface area contributed by atoms with Crippen molar-refractivity contribution in [3.8, 4) is 0 Å². The number of imidazole rings is 1. The fourth-order valence-corrected chi connectivity index (χ4v) is 7.21. The van der Waals surface area contributed by atoms with Crippen molar-refractivity contribution in [2.45, 2.75) is 82.1 Å². The summed E-state index contributed by atoms with van der Waals surface area (Å²) in [7, 11) is -3.38. The number of sulfone groups is 1. The second-order valence-corrected chi connectivity index (χ2v) is 12.7. The minimum Gasteiger partial charge on any atom is -0.465 e. The lowest BCUT2D eigenvalue weighted by molar-refractivity contribution is -0.103. The van der Waals surface area contributed by atoms with E-state index in [2.05, 4.69) is 9.88 Å². The first-order valence-corrected chi connectivity index (χ1v) is 13.7. The SMILES string of the molecule is CC(C)(C)N(C(=O)O)[C@H]1C[C@@H](N2Cc3nc4n(c3C2)CCCS4(=O)=O)CO[C@@H]1c1cc(F)ccc1F. The molecule has 4 heterocycles. The molecule has 1 amide bonds. The van der Waals surface area contributed by atoms with Gasteiger partial charge in [-0.05, 0) is 51.8 Å². The lowest BCUT2D eigenvalue weighted by atomic mass is 9.88. The summed E-state index contributed by atoms with van der Waals surface area (Å²) in [6, 6.07) is 2.11. The molecule has 3 aliphatic heterocycles. The Balaban J connectivity index is 1.45. The Hall–Kier alpha value is -2.57. The largest absolute Gasteiger partial charge is 0.465 e. The fourth-order valence-electron chi connectivity index (χ4n) is 5.73. The lowest BCUT2D eigenvalue weighted by Gasteiger charge is -2.48. The van der Waals surface area contributed by atoms with E-state index in [1.165, 1.54) is 4.90 Å². The van der Waals surface area contributed by atoms with Crippen molar-refractivity contribution in [3.05, 3.63) is 46.8 Å². The molecule has 1 saturated heterocycles. The molecule has 3 aliphatic rings. The third-order valence-corrected chi connectivity index (χ3v) is 8.97. The van der Waals surface area contributed by atoms with Gasteiger partial charge in [0, 0.05) is 36.8 Å². The van der Waals surface area contributed by atoms with Crippen molar-refractivity contribution in [2.24, 2.45) is 0 Å². The monoisotopic (exact) mass is 524 g/mol. The predicted octanol–water partition coefficient (Wildman–Crippen LogP) is 3.33. The molecule has 0 bridgehead atoms. The Morgan fingerprint density at radius 3 is 2.69 bits per heavy atom. The van der Waals surface area contributed by atoms with E-state index in [-0.39, 0.29) is 29.1 Å². The highest BCUT2D eigenvalue weighted by molar-refractivity contribution is 7.91. The molecule has 0 aliphatic carbocycles. The van der Waals surface area contributed by atoms with Crippen LogP contribution in [-0.2, 0) is 34.2 Å². The second kappa shape index (κ2) is 8.77. The normalized spacial score (nSPS) is 25.9. The molecule has 0 saturated carbocycles. The van der Waals surface area contributed by atoms with E-state index in [4.69, 9.17) is 4.74 Å². The van der Waals surface area contributed by atoms with Crippen LogP contribution >= 0.6 is 0 Å². The van der Waals surface area contributed by atoms with E-state index in [1.54, 1.807) is 25.3 Å². The van der Waals surface area contributed by atoms with Gasteiger partial charge in [0.1, 0.15) is 17.7 Å². The van der Waals surface area contributed by atoms with Crippen LogP contribution in [0.3, 0.4) is 0 Å². The molecule has 1 fully saturated rings. The Morgan fingerprint density at radius 2 is 2.00 bits per heavy atom. The second-order valence-electron chi connectivity index (χ2n) is 10.7. The molecule has 9 nitrogen and oxygen atoms in total. The minimum atomic E-state index is -3.38. The van der Waals surface area contributed by atoms with E-state index in [1.807, 2.05) is 0 Å². The standard InChI is InChI=1S/C24H30F2N4O5S/c1-24(2,3)30(23(31)32)19-10-15(13-35-21(19)16-9-14(25)5-6-17(16)26)28-11-18-20(12-28)29-7-4-8-36(33,34)22(29)27-18/h5-6,9,15,19,21H,4,7-8,10-13H2,1-3H3,(H,31,32)/t15-,19+,21-/m1/s1. The summed E-state index contributed by atoms with van der Waals surface area (Å²) in [4.78, 5) is 20.2. The number of ether oxygens (including phenoxy) is 1. The first kappa shape index (κ1) is 25.1. The van der Waals surface area contributed by atoms with E-state index in [0.717, 1.165) is 23.9 Å². The minimum absolute atomic E-state index is 0.0104. The maximum absolute atomic E-state index is 14.8. The number of nitrogens with zero attached hydrogens (tertiary/aromatic N) is 4. The van der Waals surface area contributed by atoms with E-state index in [9.17, 15) is 27.1 Å². The van der Waals surface area contributed by atoms with Gasteiger partial charge in [0.05, 0.1) is 29.8 Å². The maximum Gasteiger partial charge on any atom is 0.408 e. The van der Waals surface area contributed by atoms with Crippen LogP contribution in [0.1, 0.15) is 56.7 Å². The first-order chi connectivity index (χ1) is 16.9. The van der Waals surface area contributed by atoms with Gasteiger partial charge >= 0.3 is 6.09 Å². The number of hydrogen-bond donors (Lipinski definition) is 1. The van der Waals surface area contributed by atoms with Crippen LogP contribution in [0.25, 0.3) is 0 Å². The summed E-state index contributed by atoms with van der Waals surface area (Å²) >= 11 is 0. The van der Waals surface area contributed by atoms with Gasteiger partial charge < -0.3 is 14.4 Å². The van der Waals surface area contributed by atoms with Crippen molar-refractivity contribution < 1.29 is 31.8 Å². The topological polar surface area (TPSA) is 105 Å². The zero-order valence-electron chi connectivity index (χ0n) is 20.4. The molecule has 196 valence electrons. The summed E-state index contributed by atoms with van der Waals surface area (Å²) in [6.07, 6.45) is -1.29. The Kier molecular flexibility index (Phi) is 6.12. The molecule has 3 atom stereocenters. The van der Waals surface area contributed by atoms with Crippen LogP contribution in [0.4, 0.5) is 13.6 Å². The van der Waals surface area contributed by atoms with Gasteiger partial charge in [-0.1, -0.05) is 0 Å². The number of rotatable bonds is 3. The van der Waals surface area contributed by atoms with Crippen molar-refractivity contribution in [1.82, 2.24) is 19.4 Å². The molecule has 12 heteroatoms. The van der Waals surface area contributed by atoms with E-state index < -0.39 is 45.2 Å². The van der Waals surface area contributed by atoms with Crippen LogP contribution in [0.2, 0.25) is 0 Å². The average Bonchev–Trinajstić information content (AvgIpc) is 3.34. The number of carbonyl (C=O) groups is 1. The molecule has 1 aromatic carbocycles. The van der Waals surface area contributed by atoms with Crippen LogP contribution in [0.15, 0.2) is 23.4 Å². The molecule has 5 rings (SSSR count). The zero-order chi connectivity index (χ0) is 26.0. The first-order valence-electron chi connectivity index (χ1n) is 12.0. The van der Waals surface area contributed by atoms with Gasteiger partial charge in [-0.3, -0.25) is 9.80 Å². The number of benzene rings is 1. The van der Waals surface area contributed by atoms with Crippen molar-refractivity contribution >= 4 is 15.9 Å². The number of halogens is 2. The van der Waals surface area contributed by atoms with Crippen LogP contribution < -0.4 is 0 Å². The lowest BCUT2D eigenvalue weighted by Crippen LogP contribution is -2.58. The summed E-state index contributed by atoms with van der Waals surface area (Å²) in [5, 5.41) is 10.2. The van der Waals surface area contributed by atoms with Crippen molar-refractivity contribution in [2.75, 3.05) is 12.4 Å². The van der Waals surface area contributed by atoms with Crippen molar-refractivity contribution in [1.29, 1.82) is 0 Å². The van der Waals surface area contributed by atoms with Crippen LogP contribution in [0, 0.1) is 11.6 Å². The highest BCUT2D eigenvalue weighted by Crippen LogP contribution is 2.40. The molecule has 2 aromatic rings. The summed E-state index contributed by atoms with van der Waals surface area (Å²) < 4.78 is 61.5. The Morgan fingerprint density at radius 1 is 1.25 bits per heavy atom. The Bertz CT molecular complexity index is 1310. The third kappa shape index (κ3) is 4.28. The molecule has 0 unspecified atom stereocenters. The summed E-state index contributed by atoms with van der Waals surface area (Å²) in [6.45, 7) is 6.90. The van der Waals surface area contributed by atoms with Gasteiger partial charge in [-0.15, -0.1) is 0 Å². The van der Waals surface area contributed by atoms with Gasteiger partial charge in [0.15, 0.2) is 0 Å². The fraction of sp³-hybridized carbons (Fsp3) is 0.583.